The molecule has 0 radical (unpaired) electrons. The Morgan fingerprint density at radius 3 is 2.12 bits per heavy atom. The third-order valence-corrected chi connectivity index (χ3v) is 8.71. The number of benzene rings is 3. The lowest BCUT2D eigenvalue weighted by atomic mass is 9.95. The number of carbonyl (C=O) groups is 1. The second-order valence-electron chi connectivity index (χ2n) is 12.3. The summed E-state index contributed by atoms with van der Waals surface area (Å²) in [5.74, 6) is -0.361. The number of ether oxygens (including phenoxy) is 2. The van der Waals surface area contributed by atoms with Gasteiger partial charge in [-0.2, -0.15) is 25.9 Å². The van der Waals surface area contributed by atoms with E-state index in [9.17, 15) is 40.5 Å². The van der Waals surface area contributed by atoms with Crippen molar-refractivity contribution in [3.8, 4) is 5.75 Å². The van der Waals surface area contributed by atoms with Gasteiger partial charge in [-0.3, -0.25) is 4.55 Å². The minimum absolute atomic E-state index is 0.0121. The second kappa shape index (κ2) is 15.0. The molecule has 1 amide bonds. The Labute approximate surface area is 295 Å². The van der Waals surface area contributed by atoms with Gasteiger partial charge in [0.25, 0.3) is 0 Å². The quantitative estimate of drug-likeness (QED) is 0.143. The number of alkyl halides is 3. The molecule has 4 rings (SSSR count). The van der Waals surface area contributed by atoms with Gasteiger partial charge in [0.05, 0.1) is 31.8 Å². The van der Waals surface area contributed by atoms with E-state index in [0.717, 1.165) is 29.0 Å². The number of amides is 1. The minimum atomic E-state index is -5.53. The molecule has 0 fully saturated rings. The maximum Gasteiger partial charge on any atom is 0.426 e. The Morgan fingerprint density at radius 2 is 1.58 bits per heavy atom. The van der Waals surface area contributed by atoms with Gasteiger partial charge in [-0.1, -0.05) is 48.5 Å². The van der Waals surface area contributed by atoms with Crippen molar-refractivity contribution < 1.29 is 58.8 Å². The van der Waals surface area contributed by atoms with Gasteiger partial charge in [0.2, 0.25) is 5.82 Å². The Morgan fingerprint density at radius 1 is 0.942 bits per heavy atom. The molecule has 52 heavy (non-hydrogen) atoms. The summed E-state index contributed by atoms with van der Waals surface area (Å²) in [6, 6.07) is 11.2. The van der Waals surface area contributed by atoms with Crippen molar-refractivity contribution in [2.45, 2.75) is 52.1 Å². The normalized spacial score (nSPS) is 14.5. The third kappa shape index (κ3) is 8.19. The molecule has 0 saturated carbocycles. The lowest BCUT2D eigenvalue weighted by molar-refractivity contribution is -0.138. The van der Waals surface area contributed by atoms with Gasteiger partial charge in [0, 0.05) is 22.4 Å². The van der Waals surface area contributed by atoms with Crippen molar-refractivity contribution in [2.24, 2.45) is 0 Å². The van der Waals surface area contributed by atoms with Crippen molar-refractivity contribution in [1.82, 2.24) is 14.1 Å². The molecule has 1 aliphatic heterocycles. The van der Waals surface area contributed by atoms with Crippen LogP contribution in [-0.4, -0.2) is 64.3 Å². The Bertz CT molecular complexity index is 2100. The molecule has 3 aromatic rings. The van der Waals surface area contributed by atoms with E-state index in [4.69, 9.17) is 9.47 Å². The van der Waals surface area contributed by atoms with E-state index in [2.05, 4.69) is 0 Å². The van der Waals surface area contributed by atoms with Gasteiger partial charge in [0.15, 0.2) is 23.4 Å². The zero-order valence-electron chi connectivity index (χ0n) is 28.3. The fourth-order valence-electron chi connectivity index (χ4n) is 5.62. The molecule has 1 N–H and O–H groups in total. The first-order valence-corrected chi connectivity index (χ1v) is 16.6. The van der Waals surface area contributed by atoms with E-state index in [1.165, 1.54) is 82.2 Å². The van der Waals surface area contributed by atoms with Gasteiger partial charge < -0.3 is 19.3 Å². The summed E-state index contributed by atoms with van der Waals surface area (Å²) >= 11 is 0. The maximum atomic E-state index is 15.9. The van der Waals surface area contributed by atoms with Crippen LogP contribution in [0.25, 0.3) is 5.57 Å². The minimum Gasteiger partial charge on any atom is -0.494 e. The van der Waals surface area contributed by atoms with E-state index in [1.807, 2.05) is 0 Å². The summed E-state index contributed by atoms with van der Waals surface area (Å²) in [4.78, 5) is 40.8. The van der Waals surface area contributed by atoms with Crippen LogP contribution < -0.4 is 4.74 Å². The molecule has 1 aliphatic rings. The van der Waals surface area contributed by atoms with Crippen molar-refractivity contribution in [1.29, 1.82) is 0 Å². The van der Waals surface area contributed by atoms with Gasteiger partial charge in [-0.15, -0.1) is 0 Å². The Hall–Kier alpha value is -5.47. The summed E-state index contributed by atoms with van der Waals surface area (Å²) in [5.41, 5.74) is -5.34. The highest BCUT2D eigenvalue weighted by Crippen LogP contribution is 2.44. The van der Waals surface area contributed by atoms with Gasteiger partial charge >= 0.3 is 22.6 Å². The van der Waals surface area contributed by atoms with E-state index in [1.54, 1.807) is 5.94 Å². The van der Waals surface area contributed by atoms with Crippen LogP contribution >= 0.6 is 0 Å². The van der Waals surface area contributed by atoms with Crippen molar-refractivity contribution >= 4 is 33.9 Å². The van der Waals surface area contributed by atoms with Crippen molar-refractivity contribution in [3.05, 3.63) is 118 Å². The van der Waals surface area contributed by atoms with Gasteiger partial charge in [-0.25, -0.2) is 23.2 Å². The average Bonchev–Trinajstić information content (AvgIpc) is 3.05. The number of carbonyl (C=O) groups excluding carboxylic acids is 3. The molecule has 0 saturated heterocycles. The molecule has 0 spiro atoms. The maximum absolute atomic E-state index is 15.9. The Balaban J connectivity index is 2.06. The second-order valence-corrected chi connectivity index (χ2v) is 13.6. The topological polar surface area (TPSA) is 134 Å². The summed E-state index contributed by atoms with van der Waals surface area (Å²) in [6.45, 7) is 3.46. The summed E-state index contributed by atoms with van der Waals surface area (Å²) in [6.07, 6.45) is -6.66. The number of hydrogen-bond acceptors (Lipinski definition) is 9. The highest BCUT2D eigenvalue weighted by Gasteiger charge is 2.44. The molecule has 276 valence electrons. The highest BCUT2D eigenvalue weighted by molar-refractivity contribution is 7.84. The molecule has 0 bridgehead atoms. The molecule has 0 unspecified atom stereocenters. The van der Waals surface area contributed by atoms with Crippen LogP contribution in [0.1, 0.15) is 56.0 Å². The van der Waals surface area contributed by atoms with Crippen LogP contribution in [0.5, 0.6) is 5.75 Å². The largest absolute Gasteiger partial charge is 0.494 e. The number of nitrogens with zero attached hydrogens (tertiary/aromatic N) is 3. The summed E-state index contributed by atoms with van der Waals surface area (Å²) < 4.78 is 120. The lowest BCUT2D eigenvalue weighted by Crippen LogP contribution is -2.48. The first kappa shape index (κ1) is 39.3. The molecule has 0 aliphatic carbocycles. The first-order valence-electron chi connectivity index (χ1n) is 15.2. The van der Waals surface area contributed by atoms with Crippen molar-refractivity contribution in [2.75, 3.05) is 13.7 Å². The van der Waals surface area contributed by atoms with Crippen LogP contribution in [0.2, 0.25) is 0 Å². The third-order valence-electron chi connectivity index (χ3n) is 7.81. The fraction of sp³-hybridized carbons (Fsp3) is 0.286. The molecule has 1 heterocycles. The van der Waals surface area contributed by atoms with Gasteiger partial charge in [-0.05, 0) is 51.5 Å². The highest BCUT2D eigenvalue weighted by atomic mass is 32.2. The van der Waals surface area contributed by atoms with Crippen LogP contribution in [-0.2, 0) is 37.4 Å². The number of rotatable bonds is 9. The SMILES string of the molecule is COc1cccc(C2=C(C)N(Cc3c(F)cccc3C(F)(F)F)C(=C=O)N(C[C@@H](c3ccccc3)N(C(=O)OC(C)(C)C)S(=O)(=O)O)C2=C=O)c1F. The van der Waals surface area contributed by atoms with Crippen LogP contribution in [0, 0.1) is 11.6 Å². The van der Waals surface area contributed by atoms with E-state index >= 15 is 8.78 Å². The average molecular weight is 750 g/mol. The molecular formula is C35H32F5N3O8S. The van der Waals surface area contributed by atoms with Crippen LogP contribution in [0.15, 0.2) is 83.9 Å². The summed E-state index contributed by atoms with van der Waals surface area (Å²) in [5, 5.41) is 0. The molecule has 1 atom stereocenters. The smallest absolute Gasteiger partial charge is 0.426 e. The number of methoxy groups -OCH3 is 1. The standard InChI is InChI=1S/C35H32F5N3O8S/c1-21-31(23-13-9-16-29(50-5)32(23)37)28(19-44)42(30(20-45)41(21)17-24-25(35(38,39)40)14-10-15-26(24)36)18-27(22-11-7-6-8-12-22)43(52(47,48)49)33(46)51-34(2,3)4/h6-16,27H,17-18H2,1-5H3,(H,47,48,49)/t27-/m0/s1. The Kier molecular flexibility index (Phi) is 11.4. The monoisotopic (exact) mass is 749 g/mol. The molecule has 3 aromatic carbocycles. The van der Waals surface area contributed by atoms with E-state index in [-0.39, 0.29) is 32.5 Å². The predicted molar refractivity (Wildman–Crippen MR) is 176 cm³/mol. The lowest BCUT2D eigenvalue weighted by Gasteiger charge is -2.43. The van der Waals surface area contributed by atoms with E-state index in [0.29, 0.717) is 6.07 Å². The predicted octanol–water partition coefficient (Wildman–Crippen LogP) is 6.71. The zero-order chi connectivity index (χ0) is 38.8. The number of allylic oxidation sites excluding steroid dienone is 2. The number of hydrogen-bond donors (Lipinski definition) is 1. The van der Waals surface area contributed by atoms with Crippen molar-refractivity contribution in [3.63, 3.8) is 0 Å². The van der Waals surface area contributed by atoms with Crippen LogP contribution in [0.3, 0.4) is 0 Å². The molecular weight excluding hydrogens is 717 g/mol. The van der Waals surface area contributed by atoms with Gasteiger partial charge in [0.1, 0.15) is 17.1 Å². The van der Waals surface area contributed by atoms with E-state index < -0.39 is 81.6 Å². The summed E-state index contributed by atoms with van der Waals surface area (Å²) in [7, 11) is -4.38. The molecule has 0 aromatic heterocycles. The number of halogens is 5. The van der Waals surface area contributed by atoms with Crippen LogP contribution in [0.4, 0.5) is 26.7 Å². The fourth-order valence-corrected chi connectivity index (χ4v) is 6.35. The first-order chi connectivity index (χ1) is 24.2. The zero-order valence-corrected chi connectivity index (χ0v) is 29.1. The molecule has 17 heteroatoms. The molecule has 11 nitrogen and oxygen atoms in total.